The lowest BCUT2D eigenvalue weighted by molar-refractivity contribution is -0.135. The number of aromatic amines is 2. The maximum absolute atomic E-state index is 14.3. The van der Waals surface area contributed by atoms with Gasteiger partial charge in [0, 0.05) is 73.2 Å². The molecule has 2 aromatic heterocycles. The number of aromatic nitrogens is 3. The molecule has 1 aliphatic heterocycles. The normalized spacial score (nSPS) is 22.6. The van der Waals surface area contributed by atoms with E-state index in [1.807, 2.05) is 24.3 Å². The second-order valence-corrected chi connectivity index (χ2v) is 19.5. The van der Waals surface area contributed by atoms with E-state index in [1.165, 1.54) is 33.3 Å². The number of nitrogens with two attached hydrogens (primary N) is 3. The molecular weight excluding hydrogens is 971 g/mol. The average molecular weight is 1030 g/mol. The Hall–Kier alpha value is -7.61. The minimum atomic E-state index is -1.37. The zero-order chi connectivity index (χ0) is 52.3. The van der Waals surface area contributed by atoms with Crippen molar-refractivity contribution in [2.45, 2.75) is 101 Å². The van der Waals surface area contributed by atoms with Gasteiger partial charge in [-0.3, -0.25) is 48.1 Å². The summed E-state index contributed by atoms with van der Waals surface area (Å²) in [5.74, 6) is -7.47. The number of H-pyrrole nitrogens is 2. The summed E-state index contributed by atoms with van der Waals surface area (Å²) in [5, 5.41) is 21.9. The third-order valence-electron chi connectivity index (χ3n) is 11.2. The molecule has 0 saturated carbocycles. The summed E-state index contributed by atoms with van der Waals surface area (Å²) >= 11 is 0. The van der Waals surface area contributed by atoms with Crippen molar-refractivity contribution in [2.75, 3.05) is 18.1 Å². The molecular formula is C46H61N15O9S2. The fourth-order valence-electron chi connectivity index (χ4n) is 7.41. The molecule has 26 heteroatoms. The van der Waals surface area contributed by atoms with E-state index in [0.29, 0.717) is 16.8 Å². The maximum atomic E-state index is 14.3. The Labute approximate surface area is 422 Å². The number of guanidine groups is 1. The molecule has 0 bridgehead atoms. The number of amides is 9. The van der Waals surface area contributed by atoms with E-state index in [9.17, 15) is 43.2 Å². The van der Waals surface area contributed by atoms with Crippen LogP contribution in [0.5, 0.6) is 0 Å². The number of rotatable bonds is 14. The number of aliphatic imine (C=N–C) groups is 1. The van der Waals surface area contributed by atoms with Crippen molar-refractivity contribution in [1.82, 2.24) is 57.5 Å². The average Bonchev–Trinajstić information content (AvgIpc) is 4.01. The van der Waals surface area contributed by atoms with Gasteiger partial charge in [-0.2, -0.15) is 0 Å². The van der Waals surface area contributed by atoms with Crippen molar-refractivity contribution in [3.05, 3.63) is 90.1 Å². The van der Waals surface area contributed by atoms with Gasteiger partial charge in [-0.1, -0.05) is 70.1 Å². The Morgan fingerprint density at radius 1 is 0.722 bits per heavy atom. The highest BCUT2D eigenvalue weighted by Crippen LogP contribution is 2.24. The van der Waals surface area contributed by atoms with Crippen LogP contribution in [0.4, 0.5) is 0 Å². The van der Waals surface area contributed by atoms with Gasteiger partial charge >= 0.3 is 0 Å². The minimum absolute atomic E-state index is 0.0494. The van der Waals surface area contributed by atoms with E-state index < -0.39 is 101 Å². The van der Waals surface area contributed by atoms with Gasteiger partial charge in [0.25, 0.3) is 0 Å². The Morgan fingerprint density at radius 3 is 1.97 bits per heavy atom. The van der Waals surface area contributed by atoms with Crippen molar-refractivity contribution in [3.8, 4) is 0 Å². The molecule has 386 valence electrons. The minimum Gasteiger partial charge on any atom is -0.370 e. The number of nitrogens with zero attached hydrogens (tertiary/aromatic N) is 2. The molecule has 16 N–H and O–H groups in total. The van der Waals surface area contributed by atoms with Gasteiger partial charge < -0.3 is 69.7 Å². The molecule has 24 nitrogen and oxygen atoms in total. The van der Waals surface area contributed by atoms with E-state index in [0.717, 1.165) is 32.5 Å². The van der Waals surface area contributed by atoms with Crippen LogP contribution >= 0.6 is 21.6 Å². The standard InChI is InChI=1S/C46H61N15O9S2/c1-24-39(64)57-34(17-28-19-52-31-13-8-7-12-30(28)31)43(68)60-36(38(47)63)21-71-72-22-37(61-41(66)32(56-26(3)62)14-9-15-51-46(48)49)45(70)55-25(2)40(65)58-35(18-29-20-50-23-53-29)44(69)59-33(42(67)54-24)16-27-10-5-4-6-11-27/h4-8,10-13,19-20,23-25,32-37,52H,9,14-18,21-22H2,1-3H3,(H2,47,63)(H,50,53)(H,54,67)(H,55,70)(H,56,62)(H,57,64)(H,58,65)(H,59,69)(H,60,68)(H,61,66)(H4,48,49,51)/t24-,25-,32-,33+,34-,35-,36-,37-/m0/s1. The van der Waals surface area contributed by atoms with Gasteiger partial charge in [0.05, 0.1) is 6.33 Å². The van der Waals surface area contributed by atoms with Gasteiger partial charge in [0.2, 0.25) is 53.2 Å². The van der Waals surface area contributed by atoms with Crippen LogP contribution in [0.15, 0.2) is 78.3 Å². The molecule has 3 heterocycles. The number of para-hydroxylation sites is 1. The molecule has 9 amide bonds. The molecule has 72 heavy (non-hydrogen) atoms. The smallest absolute Gasteiger partial charge is 0.244 e. The molecule has 1 saturated heterocycles. The van der Waals surface area contributed by atoms with Crippen LogP contribution < -0.4 is 59.7 Å². The number of primary amides is 1. The zero-order valence-electron chi connectivity index (χ0n) is 39.8. The number of carbonyl (C=O) groups excluding carboxylic acids is 9. The first-order valence-corrected chi connectivity index (χ1v) is 25.4. The highest BCUT2D eigenvalue weighted by atomic mass is 33.1. The van der Waals surface area contributed by atoms with Crippen molar-refractivity contribution in [1.29, 1.82) is 0 Å². The maximum Gasteiger partial charge on any atom is 0.244 e. The SMILES string of the molecule is CC(=O)N[C@@H](CCCN=C(N)N)C(=O)N[C@H]1CSSC[C@@H](C(N)=O)NC(=O)[C@H](Cc2c[nH]c3ccccc23)NC(=O)[C@H](C)NC(=O)[C@@H](Cc2ccccc2)NC(=O)[C@H](Cc2cnc[nH]2)NC(=O)[C@H](C)NC1=O. The van der Waals surface area contributed by atoms with Crippen molar-refractivity contribution in [2.24, 2.45) is 22.2 Å². The Bertz CT molecular complexity index is 2580. The summed E-state index contributed by atoms with van der Waals surface area (Å²) in [6, 6.07) is 5.64. The quantitative estimate of drug-likeness (QED) is 0.0276. The first-order valence-electron chi connectivity index (χ1n) is 22.9. The third kappa shape index (κ3) is 17.1. The van der Waals surface area contributed by atoms with Crippen LogP contribution in [0, 0.1) is 0 Å². The lowest BCUT2D eigenvalue weighted by atomic mass is 10.0. The van der Waals surface area contributed by atoms with Crippen LogP contribution in [-0.4, -0.2) is 140 Å². The van der Waals surface area contributed by atoms with E-state index in [4.69, 9.17) is 17.2 Å². The highest BCUT2D eigenvalue weighted by molar-refractivity contribution is 8.76. The van der Waals surface area contributed by atoms with Gasteiger partial charge in [-0.25, -0.2) is 4.98 Å². The van der Waals surface area contributed by atoms with E-state index in [-0.39, 0.29) is 56.1 Å². The largest absolute Gasteiger partial charge is 0.370 e. The molecule has 4 aromatic rings. The predicted octanol–water partition coefficient (Wildman–Crippen LogP) is -2.21. The van der Waals surface area contributed by atoms with Crippen LogP contribution in [0.2, 0.25) is 0 Å². The van der Waals surface area contributed by atoms with Crippen LogP contribution in [0.1, 0.15) is 50.4 Å². The monoisotopic (exact) mass is 1030 g/mol. The molecule has 1 fully saturated rings. The second-order valence-electron chi connectivity index (χ2n) is 17.0. The van der Waals surface area contributed by atoms with Crippen LogP contribution in [0.25, 0.3) is 10.9 Å². The summed E-state index contributed by atoms with van der Waals surface area (Å²) in [6.07, 6.45) is 4.61. The lowest BCUT2D eigenvalue weighted by Crippen LogP contribution is -2.60. The molecule has 1 aliphatic rings. The first kappa shape index (κ1) is 55.3. The molecule has 0 aliphatic carbocycles. The number of carbonyl (C=O) groups is 9. The summed E-state index contributed by atoms with van der Waals surface area (Å²) in [7, 11) is 2.04. The summed E-state index contributed by atoms with van der Waals surface area (Å²) in [6.45, 7) is 4.11. The van der Waals surface area contributed by atoms with E-state index in [1.54, 1.807) is 36.5 Å². The predicted molar refractivity (Wildman–Crippen MR) is 271 cm³/mol. The number of hydrogen-bond donors (Lipinski definition) is 13. The summed E-state index contributed by atoms with van der Waals surface area (Å²) < 4.78 is 0. The Morgan fingerprint density at radius 2 is 1.32 bits per heavy atom. The first-order chi connectivity index (χ1) is 34.4. The third-order valence-corrected chi connectivity index (χ3v) is 13.7. The number of benzene rings is 2. The molecule has 2 aromatic carbocycles. The van der Waals surface area contributed by atoms with Gasteiger partial charge in [-0.15, -0.1) is 0 Å². The fraction of sp³-hybridized carbons (Fsp3) is 0.413. The van der Waals surface area contributed by atoms with Crippen LogP contribution in [0.3, 0.4) is 0 Å². The molecule has 0 spiro atoms. The summed E-state index contributed by atoms with van der Waals surface area (Å²) in [5.41, 5.74) is 19.1. The van der Waals surface area contributed by atoms with Gasteiger partial charge in [0.1, 0.15) is 48.3 Å². The van der Waals surface area contributed by atoms with E-state index in [2.05, 4.69) is 62.5 Å². The number of nitrogens with one attached hydrogen (secondary N) is 10. The Balaban J connectivity index is 1.49. The van der Waals surface area contributed by atoms with Crippen LogP contribution in [-0.2, 0) is 62.4 Å². The van der Waals surface area contributed by atoms with Crippen molar-refractivity contribution in [3.63, 3.8) is 0 Å². The fourth-order valence-corrected chi connectivity index (χ4v) is 9.75. The lowest BCUT2D eigenvalue weighted by Gasteiger charge is -2.26. The molecule has 0 radical (unpaired) electrons. The topological polar surface area (TPSA) is 385 Å². The molecule has 5 rings (SSSR count). The number of hydrogen-bond acceptors (Lipinski definition) is 13. The number of imidazole rings is 1. The Kier molecular flexibility index (Phi) is 20.8. The van der Waals surface area contributed by atoms with Crippen molar-refractivity contribution >= 4 is 91.6 Å². The summed E-state index contributed by atoms with van der Waals surface area (Å²) in [4.78, 5) is 137. The highest BCUT2D eigenvalue weighted by Gasteiger charge is 2.34. The van der Waals surface area contributed by atoms with E-state index >= 15 is 0 Å². The van der Waals surface area contributed by atoms with Gasteiger partial charge in [0.15, 0.2) is 5.96 Å². The zero-order valence-corrected chi connectivity index (χ0v) is 41.5. The number of fused-ring (bicyclic) bond motifs is 1. The van der Waals surface area contributed by atoms with Crippen molar-refractivity contribution < 1.29 is 43.2 Å². The van der Waals surface area contributed by atoms with Gasteiger partial charge in [-0.05, 0) is 43.9 Å². The molecule has 8 atom stereocenters. The molecule has 0 unspecified atom stereocenters. The second kappa shape index (κ2) is 27.1.